The summed E-state index contributed by atoms with van der Waals surface area (Å²) in [5.41, 5.74) is 2.60. The highest BCUT2D eigenvalue weighted by Crippen LogP contribution is 2.30. The first-order valence-electron chi connectivity index (χ1n) is 7.23. The Balaban J connectivity index is 1.75. The Labute approximate surface area is 122 Å². The fourth-order valence-corrected chi connectivity index (χ4v) is 3.54. The molecule has 0 aromatic heterocycles. The van der Waals surface area contributed by atoms with Gasteiger partial charge in [0.25, 0.3) is 0 Å². The van der Waals surface area contributed by atoms with E-state index in [1.165, 1.54) is 36.5 Å². The Hall–Kier alpha value is -0.670. The van der Waals surface area contributed by atoms with Crippen molar-refractivity contribution in [2.24, 2.45) is 0 Å². The van der Waals surface area contributed by atoms with Crippen molar-refractivity contribution >= 4 is 17.4 Å². The van der Waals surface area contributed by atoms with Crippen LogP contribution in [-0.2, 0) is 0 Å². The molecule has 0 saturated carbocycles. The summed E-state index contributed by atoms with van der Waals surface area (Å²) >= 11 is 2.12. The summed E-state index contributed by atoms with van der Waals surface area (Å²) in [5, 5.41) is 3.55. The number of para-hydroxylation sites is 1. The molecule has 0 aliphatic carbocycles. The molecule has 0 amide bonds. The summed E-state index contributed by atoms with van der Waals surface area (Å²) < 4.78 is 0.457. The van der Waals surface area contributed by atoms with Crippen LogP contribution in [0.4, 0.5) is 5.69 Å². The minimum Gasteiger partial charge on any atom is -0.384 e. The van der Waals surface area contributed by atoms with E-state index in [4.69, 9.17) is 0 Å². The lowest BCUT2D eigenvalue weighted by Crippen LogP contribution is -2.31. The number of hydrogen-bond donors (Lipinski definition) is 1. The number of nitrogens with one attached hydrogen (secondary N) is 1. The number of hydrogen-bond acceptors (Lipinski definition) is 3. The number of thioether (sulfide) groups is 1. The summed E-state index contributed by atoms with van der Waals surface area (Å²) in [6.45, 7) is 11.5. The predicted octanol–water partition coefficient (Wildman–Crippen LogP) is 3.62. The average molecular weight is 278 g/mol. The fourth-order valence-electron chi connectivity index (χ4n) is 2.41. The maximum atomic E-state index is 3.55. The quantitative estimate of drug-likeness (QED) is 0.905. The van der Waals surface area contributed by atoms with Gasteiger partial charge in [-0.1, -0.05) is 32.0 Å². The smallest absolute Gasteiger partial charge is 0.0370 e. The average Bonchev–Trinajstić information content (AvgIpc) is 2.53. The molecule has 0 atom stereocenters. The molecular formula is C16H26N2S. The van der Waals surface area contributed by atoms with Gasteiger partial charge in [0.15, 0.2) is 0 Å². The number of nitrogens with zero attached hydrogens (tertiary/aromatic N) is 1. The minimum absolute atomic E-state index is 0.457. The molecule has 1 fully saturated rings. The molecule has 1 aromatic carbocycles. The zero-order chi connectivity index (χ0) is 13.7. The second-order valence-electron chi connectivity index (χ2n) is 5.94. The standard InChI is InChI=1S/C16H26N2S/c1-14-6-4-5-7-15(14)17-9-11-18-10-8-16(2,3)19-13-12-18/h4-7,17H,8-13H2,1-3H3. The van der Waals surface area contributed by atoms with E-state index in [0.717, 1.165) is 13.1 Å². The second-order valence-corrected chi connectivity index (χ2v) is 7.74. The molecule has 0 radical (unpaired) electrons. The van der Waals surface area contributed by atoms with Crippen LogP contribution in [0.15, 0.2) is 24.3 Å². The van der Waals surface area contributed by atoms with E-state index in [9.17, 15) is 0 Å². The van der Waals surface area contributed by atoms with Crippen molar-refractivity contribution in [3.63, 3.8) is 0 Å². The highest BCUT2D eigenvalue weighted by Gasteiger charge is 2.23. The van der Waals surface area contributed by atoms with Crippen LogP contribution in [0.5, 0.6) is 0 Å². The topological polar surface area (TPSA) is 15.3 Å². The van der Waals surface area contributed by atoms with Gasteiger partial charge in [0.2, 0.25) is 0 Å². The second kappa shape index (κ2) is 6.67. The molecule has 2 nitrogen and oxygen atoms in total. The fraction of sp³-hybridized carbons (Fsp3) is 0.625. The van der Waals surface area contributed by atoms with Gasteiger partial charge in [-0.25, -0.2) is 0 Å². The summed E-state index contributed by atoms with van der Waals surface area (Å²) in [6, 6.07) is 8.51. The molecule has 19 heavy (non-hydrogen) atoms. The van der Waals surface area contributed by atoms with Crippen molar-refractivity contribution in [2.45, 2.75) is 31.9 Å². The SMILES string of the molecule is Cc1ccccc1NCCN1CCSC(C)(C)CC1. The maximum absolute atomic E-state index is 3.55. The molecule has 1 N–H and O–H groups in total. The lowest BCUT2D eigenvalue weighted by atomic mass is 10.1. The van der Waals surface area contributed by atoms with Gasteiger partial charge in [-0.3, -0.25) is 0 Å². The molecule has 1 aliphatic rings. The molecule has 3 heteroatoms. The summed E-state index contributed by atoms with van der Waals surface area (Å²) in [7, 11) is 0. The van der Waals surface area contributed by atoms with E-state index < -0.39 is 0 Å². The zero-order valence-electron chi connectivity index (χ0n) is 12.4. The molecule has 0 spiro atoms. The molecule has 106 valence electrons. The molecule has 1 saturated heterocycles. The number of aryl methyl sites for hydroxylation is 1. The molecular weight excluding hydrogens is 252 g/mol. The van der Waals surface area contributed by atoms with Crippen LogP contribution in [0.2, 0.25) is 0 Å². The minimum atomic E-state index is 0.457. The van der Waals surface area contributed by atoms with Gasteiger partial charge in [-0.05, 0) is 31.5 Å². The Bertz CT molecular complexity index is 403. The van der Waals surface area contributed by atoms with Crippen LogP contribution in [0, 0.1) is 6.92 Å². The van der Waals surface area contributed by atoms with Crippen molar-refractivity contribution in [3.05, 3.63) is 29.8 Å². The summed E-state index contributed by atoms with van der Waals surface area (Å²) in [6.07, 6.45) is 1.29. The third-order valence-electron chi connectivity index (χ3n) is 3.82. The lowest BCUT2D eigenvalue weighted by Gasteiger charge is -2.23. The van der Waals surface area contributed by atoms with Gasteiger partial charge >= 0.3 is 0 Å². The third-order valence-corrected chi connectivity index (χ3v) is 5.19. The lowest BCUT2D eigenvalue weighted by molar-refractivity contribution is 0.295. The van der Waals surface area contributed by atoms with Crippen LogP contribution < -0.4 is 5.32 Å². The Morgan fingerprint density at radius 1 is 1.26 bits per heavy atom. The van der Waals surface area contributed by atoms with E-state index >= 15 is 0 Å². The van der Waals surface area contributed by atoms with Crippen LogP contribution >= 0.6 is 11.8 Å². The maximum Gasteiger partial charge on any atom is 0.0370 e. The normalized spacial score (nSPS) is 19.9. The van der Waals surface area contributed by atoms with Crippen LogP contribution in [-0.4, -0.2) is 41.6 Å². The highest BCUT2D eigenvalue weighted by molar-refractivity contribution is 8.00. The van der Waals surface area contributed by atoms with Crippen LogP contribution in [0.3, 0.4) is 0 Å². The van der Waals surface area contributed by atoms with Crippen molar-refractivity contribution in [1.82, 2.24) is 4.90 Å². The number of benzene rings is 1. The first-order valence-corrected chi connectivity index (χ1v) is 8.21. The first kappa shape index (κ1) is 14.7. The van der Waals surface area contributed by atoms with Crippen molar-refractivity contribution < 1.29 is 0 Å². The van der Waals surface area contributed by atoms with Gasteiger partial charge in [0.1, 0.15) is 0 Å². The Morgan fingerprint density at radius 3 is 2.84 bits per heavy atom. The largest absolute Gasteiger partial charge is 0.384 e. The third kappa shape index (κ3) is 4.73. The van der Waals surface area contributed by atoms with Gasteiger partial charge in [0, 0.05) is 35.8 Å². The molecule has 0 unspecified atom stereocenters. The predicted molar refractivity (Wildman–Crippen MR) is 87.3 cm³/mol. The van der Waals surface area contributed by atoms with E-state index in [0.29, 0.717) is 4.75 Å². The van der Waals surface area contributed by atoms with E-state index in [2.05, 4.69) is 67.0 Å². The van der Waals surface area contributed by atoms with Gasteiger partial charge in [-0.15, -0.1) is 0 Å². The molecule has 2 rings (SSSR count). The number of rotatable bonds is 4. The Morgan fingerprint density at radius 2 is 2.05 bits per heavy atom. The zero-order valence-corrected chi connectivity index (χ0v) is 13.2. The molecule has 1 heterocycles. The van der Waals surface area contributed by atoms with E-state index in [-0.39, 0.29) is 0 Å². The van der Waals surface area contributed by atoms with Gasteiger partial charge in [0.05, 0.1) is 0 Å². The van der Waals surface area contributed by atoms with E-state index in [1.54, 1.807) is 0 Å². The molecule has 1 aliphatic heterocycles. The summed E-state index contributed by atoms with van der Waals surface area (Å²) in [5.74, 6) is 1.26. The van der Waals surface area contributed by atoms with Gasteiger partial charge < -0.3 is 10.2 Å². The molecule has 0 bridgehead atoms. The molecule has 1 aromatic rings. The number of anilines is 1. The monoisotopic (exact) mass is 278 g/mol. The van der Waals surface area contributed by atoms with E-state index in [1.807, 2.05) is 0 Å². The van der Waals surface area contributed by atoms with Crippen LogP contribution in [0.1, 0.15) is 25.8 Å². The Kier molecular flexibility index (Phi) is 5.17. The van der Waals surface area contributed by atoms with Gasteiger partial charge in [-0.2, -0.15) is 11.8 Å². The van der Waals surface area contributed by atoms with Crippen molar-refractivity contribution in [3.8, 4) is 0 Å². The first-order chi connectivity index (χ1) is 9.07. The highest BCUT2D eigenvalue weighted by atomic mass is 32.2. The van der Waals surface area contributed by atoms with Crippen molar-refractivity contribution in [2.75, 3.05) is 37.2 Å². The van der Waals surface area contributed by atoms with Crippen LogP contribution in [0.25, 0.3) is 0 Å². The summed E-state index contributed by atoms with van der Waals surface area (Å²) in [4.78, 5) is 2.59. The van der Waals surface area contributed by atoms with Crippen molar-refractivity contribution in [1.29, 1.82) is 0 Å².